The van der Waals surface area contributed by atoms with Crippen LogP contribution < -0.4 is 5.32 Å². The predicted molar refractivity (Wildman–Crippen MR) is 60.1 cm³/mol. The van der Waals surface area contributed by atoms with Gasteiger partial charge in [-0.05, 0) is 24.8 Å². The van der Waals surface area contributed by atoms with Crippen LogP contribution in [0.2, 0.25) is 0 Å². The minimum absolute atomic E-state index is 0.0765. The van der Waals surface area contributed by atoms with Crippen molar-refractivity contribution < 1.29 is 8.78 Å². The zero-order valence-corrected chi connectivity index (χ0v) is 9.85. The van der Waals surface area contributed by atoms with Gasteiger partial charge in [0.15, 0.2) is 0 Å². The van der Waals surface area contributed by atoms with Crippen molar-refractivity contribution in [1.29, 1.82) is 0 Å². The molecule has 1 aliphatic carbocycles. The molecule has 88 valence electrons. The molecule has 0 spiro atoms. The first kappa shape index (κ1) is 11.5. The molecule has 2 unspecified atom stereocenters. The van der Waals surface area contributed by atoms with Crippen LogP contribution in [0, 0.1) is 17.0 Å². The van der Waals surface area contributed by atoms with Crippen molar-refractivity contribution in [2.24, 2.45) is 5.41 Å². The average molecular weight is 225 g/mol. The van der Waals surface area contributed by atoms with E-state index in [1.165, 1.54) is 12.1 Å². The second-order valence-corrected chi connectivity index (χ2v) is 5.30. The molecule has 2 rings (SSSR count). The van der Waals surface area contributed by atoms with Gasteiger partial charge in [0, 0.05) is 23.7 Å². The molecule has 0 bridgehead atoms. The molecule has 0 saturated heterocycles. The third kappa shape index (κ3) is 2.24. The summed E-state index contributed by atoms with van der Waals surface area (Å²) in [6.07, 6.45) is 1.11. The largest absolute Gasteiger partial charge is 0.307 e. The molecule has 16 heavy (non-hydrogen) atoms. The van der Waals surface area contributed by atoms with E-state index in [1.807, 2.05) is 6.92 Å². The lowest BCUT2D eigenvalue weighted by molar-refractivity contribution is 0.472. The molecule has 0 amide bonds. The van der Waals surface area contributed by atoms with Gasteiger partial charge in [0.05, 0.1) is 0 Å². The summed E-state index contributed by atoms with van der Waals surface area (Å²) in [5.41, 5.74) is 0.842. The summed E-state index contributed by atoms with van der Waals surface area (Å²) >= 11 is 0. The lowest BCUT2D eigenvalue weighted by Crippen LogP contribution is -2.25. The fraction of sp³-hybridized carbons (Fsp3) is 0.538. The highest BCUT2D eigenvalue weighted by atomic mass is 19.1. The van der Waals surface area contributed by atoms with Gasteiger partial charge in [-0.1, -0.05) is 19.9 Å². The van der Waals surface area contributed by atoms with Crippen LogP contribution in [-0.4, -0.2) is 6.04 Å². The zero-order valence-electron chi connectivity index (χ0n) is 9.85. The summed E-state index contributed by atoms with van der Waals surface area (Å²) in [5.74, 6) is -1.00. The Labute approximate surface area is 94.9 Å². The number of hydrogen-bond acceptors (Lipinski definition) is 1. The zero-order chi connectivity index (χ0) is 11.9. The third-order valence-electron chi connectivity index (χ3n) is 3.39. The third-order valence-corrected chi connectivity index (χ3v) is 3.39. The lowest BCUT2D eigenvalue weighted by atomic mass is 10.1. The molecule has 1 saturated carbocycles. The van der Waals surface area contributed by atoms with Crippen LogP contribution in [0.3, 0.4) is 0 Å². The molecule has 0 radical (unpaired) electrons. The van der Waals surface area contributed by atoms with Crippen molar-refractivity contribution in [3.8, 4) is 0 Å². The van der Waals surface area contributed by atoms with E-state index in [2.05, 4.69) is 19.2 Å². The number of hydrogen-bond donors (Lipinski definition) is 1. The van der Waals surface area contributed by atoms with Gasteiger partial charge in [-0.25, -0.2) is 8.78 Å². The van der Waals surface area contributed by atoms with Crippen LogP contribution in [0.4, 0.5) is 8.78 Å². The summed E-state index contributed by atoms with van der Waals surface area (Å²) in [7, 11) is 0. The molecule has 3 heteroatoms. The maximum atomic E-state index is 13.5. The first-order chi connectivity index (χ1) is 7.40. The Morgan fingerprint density at radius 1 is 1.38 bits per heavy atom. The van der Waals surface area contributed by atoms with E-state index >= 15 is 0 Å². The van der Waals surface area contributed by atoms with E-state index < -0.39 is 11.6 Å². The standard InChI is InChI=1S/C13H17F2N/c1-8(16-12-7-13(12,2)3)10-5-4-9(14)6-11(10)15/h4-6,8,12,16H,7H2,1-3H3. The van der Waals surface area contributed by atoms with Crippen LogP contribution >= 0.6 is 0 Å². The van der Waals surface area contributed by atoms with E-state index in [0.29, 0.717) is 17.0 Å². The number of nitrogens with one attached hydrogen (secondary N) is 1. The summed E-state index contributed by atoms with van der Waals surface area (Å²) in [6, 6.07) is 4.11. The van der Waals surface area contributed by atoms with E-state index in [1.54, 1.807) is 0 Å². The first-order valence-electron chi connectivity index (χ1n) is 5.61. The Hall–Kier alpha value is -0.960. The summed E-state index contributed by atoms with van der Waals surface area (Å²) in [4.78, 5) is 0. The van der Waals surface area contributed by atoms with Crippen LogP contribution in [-0.2, 0) is 0 Å². The smallest absolute Gasteiger partial charge is 0.130 e. The van der Waals surface area contributed by atoms with Crippen LogP contribution in [0.25, 0.3) is 0 Å². The van der Waals surface area contributed by atoms with Gasteiger partial charge in [-0.15, -0.1) is 0 Å². The maximum absolute atomic E-state index is 13.5. The van der Waals surface area contributed by atoms with Crippen molar-refractivity contribution in [3.63, 3.8) is 0 Å². The van der Waals surface area contributed by atoms with Crippen molar-refractivity contribution in [3.05, 3.63) is 35.4 Å². The minimum Gasteiger partial charge on any atom is -0.307 e. The molecule has 1 N–H and O–H groups in total. The number of rotatable bonds is 3. The van der Waals surface area contributed by atoms with Gasteiger partial charge in [0.2, 0.25) is 0 Å². The van der Waals surface area contributed by atoms with Crippen LogP contribution in [0.15, 0.2) is 18.2 Å². The number of halogens is 2. The normalized spacial score (nSPS) is 24.2. The topological polar surface area (TPSA) is 12.0 Å². The molecular weight excluding hydrogens is 208 g/mol. The quantitative estimate of drug-likeness (QED) is 0.831. The molecular formula is C13H17F2N. The van der Waals surface area contributed by atoms with Gasteiger partial charge in [-0.3, -0.25) is 0 Å². The molecule has 1 aromatic rings. The first-order valence-corrected chi connectivity index (χ1v) is 5.61. The second-order valence-electron chi connectivity index (χ2n) is 5.30. The van der Waals surface area contributed by atoms with Gasteiger partial charge in [-0.2, -0.15) is 0 Å². The van der Waals surface area contributed by atoms with Gasteiger partial charge in [0.25, 0.3) is 0 Å². The van der Waals surface area contributed by atoms with E-state index in [0.717, 1.165) is 12.5 Å². The van der Waals surface area contributed by atoms with Gasteiger partial charge >= 0.3 is 0 Å². The Bertz CT molecular complexity index is 401. The highest BCUT2D eigenvalue weighted by Gasteiger charge is 2.46. The number of benzene rings is 1. The molecule has 1 fully saturated rings. The fourth-order valence-corrected chi connectivity index (χ4v) is 2.00. The van der Waals surface area contributed by atoms with Crippen molar-refractivity contribution in [1.82, 2.24) is 5.32 Å². The molecule has 1 aromatic carbocycles. The van der Waals surface area contributed by atoms with E-state index in [4.69, 9.17) is 0 Å². The summed E-state index contributed by atoms with van der Waals surface area (Å²) < 4.78 is 26.2. The fourth-order valence-electron chi connectivity index (χ4n) is 2.00. The van der Waals surface area contributed by atoms with Crippen molar-refractivity contribution >= 4 is 0 Å². The van der Waals surface area contributed by atoms with E-state index in [9.17, 15) is 8.78 Å². The summed E-state index contributed by atoms with van der Waals surface area (Å²) in [6.45, 7) is 6.27. The Morgan fingerprint density at radius 3 is 2.50 bits per heavy atom. The molecule has 1 aliphatic rings. The minimum atomic E-state index is -0.528. The maximum Gasteiger partial charge on any atom is 0.130 e. The Balaban J connectivity index is 2.06. The average Bonchev–Trinajstić information content (AvgIpc) is 2.72. The lowest BCUT2D eigenvalue weighted by Gasteiger charge is -2.16. The Kier molecular flexibility index (Phi) is 2.74. The molecule has 0 aliphatic heterocycles. The molecule has 0 heterocycles. The van der Waals surface area contributed by atoms with Gasteiger partial charge < -0.3 is 5.32 Å². The highest BCUT2D eigenvalue weighted by Crippen LogP contribution is 2.45. The SMILES string of the molecule is CC(NC1CC1(C)C)c1ccc(F)cc1F. The highest BCUT2D eigenvalue weighted by molar-refractivity contribution is 5.22. The van der Waals surface area contributed by atoms with Crippen molar-refractivity contribution in [2.75, 3.05) is 0 Å². The van der Waals surface area contributed by atoms with Gasteiger partial charge in [0.1, 0.15) is 11.6 Å². The molecule has 0 aromatic heterocycles. The monoisotopic (exact) mass is 225 g/mol. The molecule has 2 atom stereocenters. The predicted octanol–water partition coefficient (Wildman–Crippen LogP) is 3.41. The molecule has 1 nitrogen and oxygen atoms in total. The van der Waals surface area contributed by atoms with Crippen molar-refractivity contribution in [2.45, 2.75) is 39.3 Å². The van der Waals surface area contributed by atoms with Crippen LogP contribution in [0.5, 0.6) is 0 Å². The second kappa shape index (κ2) is 3.81. The van der Waals surface area contributed by atoms with Crippen LogP contribution in [0.1, 0.15) is 38.8 Å². The Morgan fingerprint density at radius 2 is 2.00 bits per heavy atom. The van der Waals surface area contributed by atoms with E-state index in [-0.39, 0.29) is 6.04 Å². The summed E-state index contributed by atoms with van der Waals surface area (Å²) in [5, 5.41) is 3.36.